The van der Waals surface area contributed by atoms with Gasteiger partial charge >= 0.3 is 6.18 Å². The van der Waals surface area contributed by atoms with Crippen molar-refractivity contribution in [3.8, 4) is 5.69 Å². The number of nitrogens with zero attached hydrogens (tertiary/aromatic N) is 3. The predicted octanol–water partition coefficient (Wildman–Crippen LogP) is 3.22. The fraction of sp³-hybridized carbons (Fsp3) is 0.444. The molecule has 2 aromatic rings. The zero-order valence-corrected chi connectivity index (χ0v) is 15.7. The van der Waals surface area contributed by atoms with Crippen molar-refractivity contribution in [2.24, 2.45) is 0 Å². The summed E-state index contributed by atoms with van der Waals surface area (Å²) in [5.74, 6) is -0.575. The molecule has 5 nitrogen and oxygen atoms in total. The van der Waals surface area contributed by atoms with Gasteiger partial charge in [-0.3, -0.25) is 4.79 Å². The number of carbonyl (C=O) groups excluding carboxylic acids is 1. The first kappa shape index (κ1) is 20.6. The maximum Gasteiger partial charge on any atom is 0.435 e. The molecule has 0 aliphatic carbocycles. The Balaban J connectivity index is 0.00000225. The third kappa shape index (κ3) is 3.73. The summed E-state index contributed by atoms with van der Waals surface area (Å²) < 4.78 is 55.7. The van der Waals surface area contributed by atoms with Crippen LogP contribution in [0.5, 0.6) is 0 Å². The number of benzene rings is 1. The summed E-state index contributed by atoms with van der Waals surface area (Å²) in [5.41, 5.74) is 0.221. The standard InChI is InChI=1S/C18H18F4N4O.ClH/c19-14-8-12(4-3-11(14)10-25-7-1-2-16(25)27)26-15-9-23-6-5-13(15)17(24-26)18(20,21)22;/h3-4,8,23H,1-2,5-7,9-10H2;1H. The van der Waals surface area contributed by atoms with E-state index >= 15 is 0 Å². The molecule has 0 atom stereocenters. The van der Waals surface area contributed by atoms with E-state index in [1.807, 2.05) is 0 Å². The second kappa shape index (κ2) is 7.71. The quantitative estimate of drug-likeness (QED) is 0.779. The molecule has 1 aromatic carbocycles. The summed E-state index contributed by atoms with van der Waals surface area (Å²) in [6, 6.07) is 4.23. The highest BCUT2D eigenvalue weighted by molar-refractivity contribution is 5.85. The summed E-state index contributed by atoms with van der Waals surface area (Å²) in [4.78, 5) is 13.3. The molecule has 0 radical (unpaired) electrons. The molecule has 28 heavy (non-hydrogen) atoms. The van der Waals surface area contributed by atoms with Crippen molar-refractivity contribution >= 4 is 18.3 Å². The van der Waals surface area contributed by atoms with Crippen LogP contribution in [-0.4, -0.2) is 33.7 Å². The smallest absolute Gasteiger partial charge is 0.338 e. The Labute approximate surface area is 165 Å². The molecule has 1 fully saturated rings. The van der Waals surface area contributed by atoms with Gasteiger partial charge in [0.1, 0.15) is 5.82 Å². The fourth-order valence-corrected chi connectivity index (χ4v) is 3.66. The average molecular weight is 419 g/mol. The van der Waals surface area contributed by atoms with E-state index < -0.39 is 17.7 Å². The first-order valence-electron chi connectivity index (χ1n) is 8.80. The van der Waals surface area contributed by atoms with Gasteiger partial charge in [-0.1, -0.05) is 6.07 Å². The van der Waals surface area contributed by atoms with Crippen molar-refractivity contribution in [2.45, 2.75) is 38.5 Å². The van der Waals surface area contributed by atoms with Gasteiger partial charge in [0, 0.05) is 37.2 Å². The van der Waals surface area contributed by atoms with E-state index in [1.165, 1.54) is 12.1 Å². The van der Waals surface area contributed by atoms with Crippen molar-refractivity contribution in [3.63, 3.8) is 0 Å². The van der Waals surface area contributed by atoms with Crippen molar-refractivity contribution in [1.29, 1.82) is 0 Å². The number of hydrogen-bond acceptors (Lipinski definition) is 3. The predicted molar refractivity (Wildman–Crippen MR) is 95.8 cm³/mol. The zero-order chi connectivity index (χ0) is 19.2. The van der Waals surface area contributed by atoms with Crippen LogP contribution in [0.25, 0.3) is 5.69 Å². The molecule has 4 rings (SSSR count). The van der Waals surface area contributed by atoms with Crippen LogP contribution in [-0.2, 0) is 30.5 Å². The molecule has 0 unspecified atom stereocenters. The summed E-state index contributed by atoms with van der Waals surface area (Å²) in [7, 11) is 0. The van der Waals surface area contributed by atoms with E-state index in [0.29, 0.717) is 30.8 Å². The first-order valence-corrected chi connectivity index (χ1v) is 8.80. The molecule has 1 aromatic heterocycles. The summed E-state index contributed by atoms with van der Waals surface area (Å²) >= 11 is 0. The molecule has 2 aliphatic heterocycles. The number of amides is 1. The topological polar surface area (TPSA) is 50.2 Å². The van der Waals surface area contributed by atoms with Crippen LogP contribution in [0.1, 0.15) is 35.4 Å². The third-order valence-corrected chi connectivity index (χ3v) is 5.02. The Morgan fingerprint density at radius 1 is 1.21 bits per heavy atom. The number of carbonyl (C=O) groups is 1. The molecule has 1 amide bonds. The summed E-state index contributed by atoms with van der Waals surface area (Å²) in [6.45, 7) is 1.44. The molecular formula is C18H19ClF4N4O. The fourth-order valence-electron chi connectivity index (χ4n) is 3.66. The second-order valence-corrected chi connectivity index (χ2v) is 6.80. The number of likely N-dealkylation sites (tertiary alicyclic amines) is 1. The van der Waals surface area contributed by atoms with Gasteiger partial charge < -0.3 is 10.2 Å². The lowest BCUT2D eigenvalue weighted by Crippen LogP contribution is -2.26. The van der Waals surface area contributed by atoms with Crippen LogP contribution in [0.2, 0.25) is 0 Å². The lowest BCUT2D eigenvalue weighted by molar-refractivity contribution is -0.142. The van der Waals surface area contributed by atoms with Gasteiger partial charge in [-0.25, -0.2) is 9.07 Å². The molecule has 1 N–H and O–H groups in total. The van der Waals surface area contributed by atoms with Crippen LogP contribution in [0.15, 0.2) is 18.2 Å². The average Bonchev–Trinajstić information content (AvgIpc) is 3.20. The Morgan fingerprint density at radius 3 is 2.64 bits per heavy atom. The maximum atomic E-state index is 14.6. The van der Waals surface area contributed by atoms with E-state index in [2.05, 4.69) is 10.4 Å². The Hall–Kier alpha value is -2.13. The van der Waals surface area contributed by atoms with Gasteiger partial charge in [-0.05, 0) is 31.5 Å². The SMILES string of the molecule is Cl.O=C1CCCN1Cc1ccc(-n2nc(C(F)(F)F)c3c2CNCC3)cc1F. The Morgan fingerprint density at radius 2 is 2.00 bits per heavy atom. The van der Waals surface area contributed by atoms with E-state index in [0.717, 1.165) is 11.1 Å². The minimum absolute atomic E-state index is 0. The first-order chi connectivity index (χ1) is 12.8. The van der Waals surface area contributed by atoms with E-state index in [-0.39, 0.29) is 49.1 Å². The van der Waals surface area contributed by atoms with Gasteiger partial charge in [0.25, 0.3) is 0 Å². The third-order valence-electron chi connectivity index (χ3n) is 5.02. The van der Waals surface area contributed by atoms with Crippen LogP contribution < -0.4 is 5.32 Å². The van der Waals surface area contributed by atoms with Gasteiger partial charge in [0.05, 0.1) is 11.4 Å². The second-order valence-electron chi connectivity index (χ2n) is 6.80. The maximum absolute atomic E-state index is 14.6. The number of alkyl halides is 3. The van der Waals surface area contributed by atoms with E-state index in [1.54, 1.807) is 11.0 Å². The van der Waals surface area contributed by atoms with Crippen LogP contribution in [0, 0.1) is 5.82 Å². The lowest BCUT2D eigenvalue weighted by atomic mass is 10.1. The normalized spacial score (nSPS) is 16.9. The molecule has 0 saturated carbocycles. The number of halogens is 5. The largest absolute Gasteiger partial charge is 0.435 e. The Bertz CT molecular complexity index is 896. The van der Waals surface area contributed by atoms with E-state index in [9.17, 15) is 22.4 Å². The number of rotatable bonds is 3. The van der Waals surface area contributed by atoms with Gasteiger partial charge in [0.15, 0.2) is 5.69 Å². The molecule has 10 heteroatoms. The number of fused-ring (bicyclic) bond motifs is 1. The minimum atomic E-state index is -4.55. The van der Waals surface area contributed by atoms with E-state index in [4.69, 9.17) is 0 Å². The van der Waals surface area contributed by atoms with Crippen molar-refractivity contribution in [1.82, 2.24) is 20.0 Å². The number of aromatic nitrogens is 2. The highest BCUT2D eigenvalue weighted by Crippen LogP contribution is 2.35. The molecule has 1 saturated heterocycles. The molecular weight excluding hydrogens is 400 g/mol. The van der Waals surface area contributed by atoms with Gasteiger partial charge in [0.2, 0.25) is 5.91 Å². The highest BCUT2D eigenvalue weighted by atomic mass is 35.5. The molecule has 0 bridgehead atoms. The minimum Gasteiger partial charge on any atom is -0.338 e. The van der Waals surface area contributed by atoms with Crippen LogP contribution >= 0.6 is 12.4 Å². The van der Waals surface area contributed by atoms with Crippen molar-refractivity contribution in [3.05, 3.63) is 46.5 Å². The van der Waals surface area contributed by atoms with Crippen LogP contribution in [0.4, 0.5) is 17.6 Å². The monoisotopic (exact) mass is 418 g/mol. The molecule has 2 aliphatic rings. The van der Waals surface area contributed by atoms with Crippen molar-refractivity contribution < 1.29 is 22.4 Å². The van der Waals surface area contributed by atoms with Crippen LogP contribution in [0.3, 0.4) is 0 Å². The molecule has 3 heterocycles. The Kier molecular flexibility index (Phi) is 5.67. The summed E-state index contributed by atoms with van der Waals surface area (Å²) in [5, 5.41) is 6.77. The zero-order valence-electron chi connectivity index (χ0n) is 14.9. The van der Waals surface area contributed by atoms with Gasteiger partial charge in [-0.15, -0.1) is 12.4 Å². The number of nitrogens with one attached hydrogen (secondary N) is 1. The molecule has 0 spiro atoms. The number of hydrogen-bond donors (Lipinski definition) is 1. The molecule has 152 valence electrons. The highest BCUT2D eigenvalue weighted by Gasteiger charge is 2.39. The van der Waals surface area contributed by atoms with Gasteiger partial charge in [-0.2, -0.15) is 18.3 Å². The van der Waals surface area contributed by atoms with Crippen molar-refractivity contribution in [2.75, 3.05) is 13.1 Å². The lowest BCUT2D eigenvalue weighted by Gasteiger charge is -2.18. The summed E-state index contributed by atoms with van der Waals surface area (Å²) in [6.07, 6.45) is -3.11.